The summed E-state index contributed by atoms with van der Waals surface area (Å²) in [5, 5.41) is 10.5. The highest BCUT2D eigenvalue weighted by molar-refractivity contribution is 7.10. The van der Waals surface area contributed by atoms with Crippen LogP contribution in [0.3, 0.4) is 0 Å². The molecule has 0 spiro atoms. The number of anilines is 1. The highest BCUT2D eigenvalue weighted by Gasteiger charge is 2.26. The number of hydrogen-bond acceptors (Lipinski definition) is 5. The number of rotatable bonds is 3. The van der Waals surface area contributed by atoms with Gasteiger partial charge in [0.15, 0.2) is 0 Å². The lowest BCUT2D eigenvalue weighted by molar-refractivity contribution is -0.119. The molecule has 0 radical (unpaired) electrons. The van der Waals surface area contributed by atoms with E-state index >= 15 is 0 Å². The van der Waals surface area contributed by atoms with Gasteiger partial charge in [0, 0.05) is 11.5 Å². The van der Waals surface area contributed by atoms with Gasteiger partial charge in [0.25, 0.3) is 0 Å². The number of carbonyl (C=O) groups is 1. The summed E-state index contributed by atoms with van der Waals surface area (Å²) in [7, 11) is 0. The van der Waals surface area contributed by atoms with Gasteiger partial charge in [0.2, 0.25) is 5.91 Å². The molecule has 0 aliphatic carbocycles. The van der Waals surface area contributed by atoms with Crippen LogP contribution in [0, 0.1) is 5.92 Å². The fraction of sp³-hybridized carbons (Fsp3) is 0.700. The molecule has 5 nitrogen and oxygen atoms in total. The molecular weight excluding hydrogens is 224 g/mol. The Morgan fingerprint density at radius 1 is 1.75 bits per heavy atom. The zero-order chi connectivity index (χ0) is 11.4. The predicted molar refractivity (Wildman–Crippen MR) is 63.3 cm³/mol. The summed E-state index contributed by atoms with van der Waals surface area (Å²) in [6, 6.07) is -0.0687. The van der Waals surface area contributed by atoms with Crippen LogP contribution in [0.4, 0.5) is 5.00 Å². The quantitative estimate of drug-likeness (QED) is 0.834. The van der Waals surface area contributed by atoms with Gasteiger partial charge in [0.1, 0.15) is 5.00 Å². The molecule has 6 heteroatoms. The van der Waals surface area contributed by atoms with Crippen LogP contribution >= 0.6 is 11.5 Å². The van der Waals surface area contributed by atoms with Crippen molar-refractivity contribution in [2.24, 2.45) is 5.92 Å². The Morgan fingerprint density at radius 3 is 3.31 bits per heavy atom. The third-order valence-electron chi connectivity index (χ3n) is 3.01. The highest BCUT2D eigenvalue weighted by atomic mass is 32.1. The van der Waals surface area contributed by atoms with Crippen molar-refractivity contribution >= 4 is 22.4 Å². The van der Waals surface area contributed by atoms with E-state index in [9.17, 15) is 4.79 Å². The van der Waals surface area contributed by atoms with E-state index in [1.807, 2.05) is 0 Å². The molecule has 1 saturated heterocycles. The van der Waals surface area contributed by atoms with E-state index in [0.717, 1.165) is 19.4 Å². The highest BCUT2D eigenvalue weighted by Crippen LogP contribution is 2.20. The van der Waals surface area contributed by atoms with Crippen LogP contribution in [0.5, 0.6) is 0 Å². The lowest BCUT2D eigenvalue weighted by atomic mass is 9.90. The van der Waals surface area contributed by atoms with Crippen LogP contribution in [0.25, 0.3) is 0 Å². The third kappa shape index (κ3) is 2.76. The number of carbonyl (C=O) groups excluding carboxylic acids is 1. The van der Waals surface area contributed by atoms with Crippen LogP contribution in [-0.2, 0) is 4.79 Å². The average Bonchev–Trinajstić information content (AvgIpc) is 2.82. The van der Waals surface area contributed by atoms with Gasteiger partial charge in [0.05, 0.1) is 12.2 Å². The molecule has 2 unspecified atom stereocenters. The normalized spacial score (nSPS) is 25.3. The zero-order valence-corrected chi connectivity index (χ0v) is 10.1. The van der Waals surface area contributed by atoms with Gasteiger partial charge in [-0.15, -0.1) is 5.10 Å². The van der Waals surface area contributed by atoms with E-state index in [-0.39, 0.29) is 11.9 Å². The maximum atomic E-state index is 11.9. The maximum absolute atomic E-state index is 11.9. The fourth-order valence-electron chi connectivity index (χ4n) is 2.00. The minimum absolute atomic E-state index is 0.0317. The molecule has 2 atom stereocenters. The Labute approximate surface area is 98.8 Å². The molecule has 1 aromatic rings. The van der Waals surface area contributed by atoms with Gasteiger partial charge in [-0.25, -0.2) is 0 Å². The summed E-state index contributed by atoms with van der Waals surface area (Å²) in [4.78, 5) is 11.9. The van der Waals surface area contributed by atoms with Gasteiger partial charge < -0.3 is 10.6 Å². The Morgan fingerprint density at radius 2 is 2.62 bits per heavy atom. The number of nitrogens with one attached hydrogen (secondary N) is 2. The average molecular weight is 240 g/mol. The van der Waals surface area contributed by atoms with Crippen LogP contribution in [-0.4, -0.2) is 28.1 Å². The van der Waals surface area contributed by atoms with Crippen LogP contribution in [0.15, 0.2) is 6.20 Å². The van der Waals surface area contributed by atoms with Crippen LogP contribution < -0.4 is 10.6 Å². The van der Waals surface area contributed by atoms with Crippen molar-refractivity contribution in [1.29, 1.82) is 0 Å². The first kappa shape index (κ1) is 11.5. The lowest BCUT2D eigenvalue weighted by Crippen LogP contribution is -2.46. The van der Waals surface area contributed by atoms with Gasteiger partial charge in [-0.2, -0.15) is 0 Å². The zero-order valence-electron chi connectivity index (χ0n) is 9.27. The van der Waals surface area contributed by atoms with Crippen molar-refractivity contribution in [3.63, 3.8) is 0 Å². The summed E-state index contributed by atoms with van der Waals surface area (Å²) in [6.45, 7) is 3.11. The summed E-state index contributed by atoms with van der Waals surface area (Å²) < 4.78 is 3.71. The number of hydrogen-bond donors (Lipinski definition) is 2. The Balaban J connectivity index is 1.89. The van der Waals surface area contributed by atoms with Gasteiger partial charge >= 0.3 is 0 Å². The van der Waals surface area contributed by atoms with Crippen LogP contribution in [0.1, 0.15) is 26.2 Å². The molecule has 0 bridgehead atoms. The second-order valence-corrected chi connectivity index (χ2v) is 4.86. The molecule has 88 valence electrons. The van der Waals surface area contributed by atoms with Gasteiger partial charge in [-0.1, -0.05) is 17.8 Å². The van der Waals surface area contributed by atoms with E-state index in [4.69, 9.17) is 0 Å². The molecule has 1 amide bonds. The molecule has 1 aliphatic rings. The minimum atomic E-state index is -0.0687. The first-order valence-electron chi connectivity index (χ1n) is 5.61. The molecule has 2 rings (SSSR count). The van der Waals surface area contributed by atoms with E-state index in [2.05, 4.69) is 27.1 Å². The van der Waals surface area contributed by atoms with E-state index in [1.165, 1.54) is 18.0 Å². The minimum Gasteiger partial charge on any atom is -0.314 e. The summed E-state index contributed by atoms with van der Waals surface area (Å²) in [6.07, 6.45) is 4.81. The fourth-order valence-corrected chi connectivity index (χ4v) is 2.42. The number of aromatic nitrogens is 2. The standard InChI is InChI=1S/C10H16N4OS/c1-2-7-3-4-11-8(5-7)10(15)13-9-6-12-14-16-9/h6-8,11H,2-5H2,1H3,(H,13,15). The summed E-state index contributed by atoms with van der Waals surface area (Å²) in [5.41, 5.74) is 0. The Bertz CT molecular complexity index is 341. The second-order valence-electron chi connectivity index (χ2n) is 4.08. The number of nitrogens with zero attached hydrogens (tertiary/aromatic N) is 2. The van der Waals surface area contributed by atoms with Crippen molar-refractivity contribution in [3.05, 3.63) is 6.20 Å². The summed E-state index contributed by atoms with van der Waals surface area (Å²) in [5.74, 6) is 0.695. The largest absolute Gasteiger partial charge is 0.314 e. The molecule has 2 N–H and O–H groups in total. The molecule has 1 aromatic heterocycles. The number of amides is 1. The Kier molecular flexibility index (Phi) is 3.84. The maximum Gasteiger partial charge on any atom is 0.242 e. The number of piperidine rings is 1. The monoisotopic (exact) mass is 240 g/mol. The first-order valence-corrected chi connectivity index (χ1v) is 6.38. The molecule has 16 heavy (non-hydrogen) atoms. The Hall–Kier alpha value is -1.01. The molecule has 2 heterocycles. The summed E-state index contributed by atoms with van der Waals surface area (Å²) >= 11 is 1.20. The SMILES string of the molecule is CCC1CCNC(C(=O)Nc2cnns2)C1. The topological polar surface area (TPSA) is 66.9 Å². The second kappa shape index (κ2) is 5.36. The third-order valence-corrected chi connectivity index (χ3v) is 3.59. The smallest absolute Gasteiger partial charge is 0.242 e. The van der Waals surface area contributed by atoms with E-state index < -0.39 is 0 Å². The molecule has 0 saturated carbocycles. The van der Waals surface area contributed by atoms with Gasteiger partial charge in [-0.3, -0.25) is 4.79 Å². The molecular formula is C10H16N4OS. The first-order chi connectivity index (χ1) is 7.79. The van der Waals surface area contributed by atoms with E-state index in [1.54, 1.807) is 6.20 Å². The van der Waals surface area contributed by atoms with E-state index in [0.29, 0.717) is 10.9 Å². The molecule has 0 aromatic carbocycles. The van der Waals surface area contributed by atoms with Crippen LogP contribution in [0.2, 0.25) is 0 Å². The lowest BCUT2D eigenvalue weighted by Gasteiger charge is -2.28. The van der Waals surface area contributed by atoms with Crippen molar-refractivity contribution in [2.45, 2.75) is 32.2 Å². The van der Waals surface area contributed by atoms with Crippen molar-refractivity contribution < 1.29 is 4.79 Å². The van der Waals surface area contributed by atoms with Crippen molar-refractivity contribution in [2.75, 3.05) is 11.9 Å². The predicted octanol–water partition coefficient (Wildman–Crippen LogP) is 1.25. The molecule has 1 aliphatic heterocycles. The van der Waals surface area contributed by atoms with Crippen molar-refractivity contribution in [1.82, 2.24) is 14.9 Å². The van der Waals surface area contributed by atoms with Gasteiger partial charge in [-0.05, 0) is 25.3 Å². The molecule has 1 fully saturated rings. The van der Waals surface area contributed by atoms with Crippen molar-refractivity contribution in [3.8, 4) is 0 Å².